The van der Waals surface area contributed by atoms with E-state index >= 15 is 0 Å². The topological polar surface area (TPSA) is 24.9 Å². The minimum absolute atomic E-state index is 0.150. The van der Waals surface area contributed by atoms with Gasteiger partial charge in [-0.1, -0.05) is 41.5 Å². The summed E-state index contributed by atoms with van der Waals surface area (Å²) >= 11 is 1.85. The molecular weight excluding hydrogens is 240 g/mol. The number of hydrogen-bond donors (Lipinski definition) is 1. The lowest BCUT2D eigenvalue weighted by atomic mass is 9.96. The maximum absolute atomic E-state index is 4.73. The molecule has 0 amide bonds. The summed E-state index contributed by atoms with van der Waals surface area (Å²) in [6, 6.07) is 0.387. The second-order valence-electron chi connectivity index (χ2n) is 7.38. The van der Waals surface area contributed by atoms with Gasteiger partial charge in [-0.05, 0) is 19.3 Å². The summed E-state index contributed by atoms with van der Waals surface area (Å²) in [5, 5.41) is 4.85. The molecule has 1 N–H and O–H groups in total. The molecule has 1 unspecified atom stereocenters. The third kappa shape index (κ3) is 4.36. The molecule has 0 fully saturated rings. The maximum Gasteiger partial charge on any atom is 0.0985 e. The first-order valence-electron chi connectivity index (χ1n) is 6.72. The van der Waals surface area contributed by atoms with E-state index in [4.69, 9.17) is 4.98 Å². The Balaban J connectivity index is 2.81. The molecular formula is C15H28N2S. The van der Waals surface area contributed by atoms with Crippen molar-refractivity contribution in [3.63, 3.8) is 0 Å². The fraction of sp³-hybridized carbons (Fsp3) is 0.800. The summed E-state index contributed by atoms with van der Waals surface area (Å²) in [6.45, 7) is 18.8. The van der Waals surface area contributed by atoms with E-state index in [1.807, 2.05) is 11.3 Å². The third-order valence-electron chi connectivity index (χ3n) is 2.81. The summed E-state index contributed by atoms with van der Waals surface area (Å²) in [4.78, 5) is 6.10. The summed E-state index contributed by atoms with van der Waals surface area (Å²) in [7, 11) is 0. The van der Waals surface area contributed by atoms with E-state index in [0.717, 1.165) is 6.54 Å². The highest BCUT2D eigenvalue weighted by Gasteiger charge is 2.22. The maximum atomic E-state index is 4.73. The van der Waals surface area contributed by atoms with Gasteiger partial charge in [0.25, 0.3) is 0 Å². The summed E-state index contributed by atoms with van der Waals surface area (Å²) in [5.74, 6) is 0. The molecule has 104 valence electrons. The SMILES string of the molecule is Cc1nc(C(C)(C)C)sc1C(C)NCC(C)(C)C. The van der Waals surface area contributed by atoms with Crippen LogP contribution in [0.3, 0.4) is 0 Å². The van der Waals surface area contributed by atoms with Crippen LogP contribution in [-0.4, -0.2) is 11.5 Å². The van der Waals surface area contributed by atoms with Gasteiger partial charge in [0.2, 0.25) is 0 Å². The van der Waals surface area contributed by atoms with Crippen molar-refractivity contribution in [3.8, 4) is 0 Å². The second kappa shape index (κ2) is 5.30. The van der Waals surface area contributed by atoms with Crippen LogP contribution in [0, 0.1) is 12.3 Å². The average Bonchev–Trinajstić information content (AvgIpc) is 2.55. The van der Waals surface area contributed by atoms with Crippen molar-refractivity contribution >= 4 is 11.3 Å². The van der Waals surface area contributed by atoms with Crippen LogP contribution in [0.2, 0.25) is 0 Å². The van der Waals surface area contributed by atoms with Crippen molar-refractivity contribution in [1.82, 2.24) is 10.3 Å². The number of nitrogens with zero attached hydrogens (tertiary/aromatic N) is 1. The van der Waals surface area contributed by atoms with E-state index < -0.39 is 0 Å². The molecule has 0 saturated heterocycles. The van der Waals surface area contributed by atoms with E-state index in [0.29, 0.717) is 11.5 Å². The van der Waals surface area contributed by atoms with Crippen LogP contribution < -0.4 is 5.32 Å². The molecule has 1 heterocycles. The number of nitrogens with one attached hydrogen (secondary N) is 1. The van der Waals surface area contributed by atoms with Gasteiger partial charge in [0, 0.05) is 22.9 Å². The number of aryl methyl sites for hydroxylation is 1. The zero-order valence-corrected chi connectivity index (χ0v) is 14.0. The molecule has 3 heteroatoms. The molecule has 0 radical (unpaired) electrons. The number of aromatic nitrogens is 1. The molecule has 0 saturated carbocycles. The first-order chi connectivity index (χ1) is 8.00. The van der Waals surface area contributed by atoms with Crippen molar-refractivity contribution in [2.24, 2.45) is 5.41 Å². The lowest BCUT2D eigenvalue weighted by Gasteiger charge is -2.22. The molecule has 0 aliphatic heterocycles. The summed E-state index contributed by atoms with van der Waals surface area (Å²) in [6.07, 6.45) is 0. The first-order valence-corrected chi connectivity index (χ1v) is 7.53. The Kier molecular flexibility index (Phi) is 4.60. The monoisotopic (exact) mass is 268 g/mol. The number of rotatable bonds is 3. The van der Waals surface area contributed by atoms with E-state index in [1.54, 1.807) is 0 Å². The van der Waals surface area contributed by atoms with Gasteiger partial charge < -0.3 is 5.32 Å². The van der Waals surface area contributed by atoms with Gasteiger partial charge in [-0.2, -0.15) is 0 Å². The summed E-state index contributed by atoms with van der Waals surface area (Å²) in [5.41, 5.74) is 1.65. The average molecular weight is 268 g/mol. The van der Waals surface area contributed by atoms with Crippen LogP contribution in [0.1, 0.15) is 70.1 Å². The minimum atomic E-state index is 0.150. The molecule has 0 aromatic carbocycles. The van der Waals surface area contributed by atoms with Crippen molar-refractivity contribution in [2.75, 3.05) is 6.54 Å². The van der Waals surface area contributed by atoms with Gasteiger partial charge in [0.15, 0.2) is 0 Å². The first kappa shape index (κ1) is 15.6. The Morgan fingerprint density at radius 2 is 1.72 bits per heavy atom. The second-order valence-corrected chi connectivity index (χ2v) is 8.41. The third-order valence-corrected chi connectivity index (χ3v) is 4.57. The zero-order valence-electron chi connectivity index (χ0n) is 13.1. The Bertz CT molecular complexity index is 394. The molecule has 18 heavy (non-hydrogen) atoms. The molecule has 0 aliphatic rings. The molecule has 1 aromatic heterocycles. The lowest BCUT2D eigenvalue weighted by molar-refractivity contribution is 0.360. The molecule has 0 aliphatic carbocycles. The molecule has 1 rings (SSSR count). The minimum Gasteiger partial charge on any atom is -0.309 e. The largest absolute Gasteiger partial charge is 0.309 e. The fourth-order valence-corrected chi connectivity index (χ4v) is 2.83. The normalized spacial score (nSPS) is 14.9. The Labute approximate surface area is 116 Å². The lowest BCUT2D eigenvalue weighted by Crippen LogP contribution is -2.29. The van der Waals surface area contributed by atoms with Gasteiger partial charge >= 0.3 is 0 Å². The van der Waals surface area contributed by atoms with Crippen LogP contribution in [0.25, 0.3) is 0 Å². The Hall–Kier alpha value is -0.410. The Morgan fingerprint density at radius 1 is 1.17 bits per heavy atom. The smallest absolute Gasteiger partial charge is 0.0985 e. The van der Waals surface area contributed by atoms with Gasteiger partial charge in [0.05, 0.1) is 10.7 Å². The highest BCUT2D eigenvalue weighted by Crippen LogP contribution is 2.32. The molecule has 0 bridgehead atoms. The van der Waals surface area contributed by atoms with Gasteiger partial charge in [-0.3, -0.25) is 0 Å². The summed E-state index contributed by atoms with van der Waals surface area (Å²) < 4.78 is 0. The van der Waals surface area contributed by atoms with Crippen molar-refractivity contribution < 1.29 is 0 Å². The molecule has 0 spiro atoms. The molecule has 1 aromatic rings. The van der Waals surface area contributed by atoms with Crippen LogP contribution in [0.5, 0.6) is 0 Å². The fourth-order valence-electron chi connectivity index (χ4n) is 1.68. The van der Waals surface area contributed by atoms with Gasteiger partial charge in [-0.25, -0.2) is 4.98 Å². The number of thiazole rings is 1. The predicted molar refractivity (Wildman–Crippen MR) is 81.4 cm³/mol. The highest BCUT2D eigenvalue weighted by molar-refractivity contribution is 7.12. The number of hydrogen-bond acceptors (Lipinski definition) is 3. The van der Waals surface area contributed by atoms with Crippen molar-refractivity contribution in [1.29, 1.82) is 0 Å². The van der Waals surface area contributed by atoms with E-state index in [2.05, 4.69) is 60.7 Å². The molecule has 2 nitrogen and oxygen atoms in total. The van der Waals surface area contributed by atoms with E-state index in [1.165, 1.54) is 15.6 Å². The van der Waals surface area contributed by atoms with Gasteiger partial charge in [0.1, 0.15) is 0 Å². The quantitative estimate of drug-likeness (QED) is 0.876. The van der Waals surface area contributed by atoms with E-state index in [-0.39, 0.29) is 5.41 Å². The van der Waals surface area contributed by atoms with Crippen molar-refractivity contribution in [2.45, 2.75) is 66.8 Å². The zero-order chi connectivity index (χ0) is 14.1. The van der Waals surface area contributed by atoms with Crippen LogP contribution in [0.4, 0.5) is 0 Å². The van der Waals surface area contributed by atoms with Crippen LogP contribution in [0.15, 0.2) is 0 Å². The van der Waals surface area contributed by atoms with Gasteiger partial charge in [-0.15, -0.1) is 11.3 Å². The highest BCUT2D eigenvalue weighted by atomic mass is 32.1. The standard InChI is InChI=1S/C15H28N2S/c1-10(16-9-14(3,4)5)12-11(2)17-13(18-12)15(6,7)8/h10,16H,9H2,1-8H3. The Morgan fingerprint density at radius 3 is 2.11 bits per heavy atom. The van der Waals surface area contributed by atoms with Crippen LogP contribution >= 0.6 is 11.3 Å². The predicted octanol–water partition coefficient (Wildman–Crippen LogP) is 4.45. The molecule has 1 atom stereocenters. The van der Waals surface area contributed by atoms with Crippen molar-refractivity contribution in [3.05, 3.63) is 15.6 Å². The van der Waals surface area contributed by atoms with E-state index in [9.17, 15) is 0 Å². The van der Waals surface area contributed by atoms with Crippen LogP contribution in [-0.2, 0) is 5.41 Å².